The van der Waals surface area contributed by atoms with Gasteiger partial charge in [0.1, 0.15) is 11.4 Å². The molecule has 0 amide bonds. The van der Waals surface area contributed by atoms with E-state index in [0.29, 0.717) is 0 Å². The number of ketones is 1. The molecular formula is C11H8ClFO3. The Bertz CT molecular complexity index is 464. The minimum Gasteiger partial charge on any atom is -0.478 e. The highest BCUT2D eigenvalue weighted by Crippen LogP contribution is 2.20. The molecule has 1 N–H and O–H groups in total. The fourth-order valence-corrected chi connectivity index (χ4v) is 1.31. The summed E-state index contributed by atoms with van der Waals surface area (Å²) >= 11 is 5.69. The third-order valence-corrected chi connectivity index (χ3v) is 2.20. The third-order valence-electron chi connectivity index (χ3n) is 1.87. The van der Waals surface area contributed by atoms with E-state index in [1.54, 1.807) is 0 Å². The van der Waals surface area contributed by atoms with E-state index in [2.05, 4.69) is 0 Å². The normalized spacial score (nSPS) is 11.3. The summed E-state index contributed by atoms with van der Waals surface area (Å²) in [7, 11) is 0. The second-order valence-corrected chi connectivity index (χ2v) is 3.49. The molecule has 0 unspecified atom stereocenters. The molecule has 84 valence electrons. The fraction of sp³-hybridized carbons (Fsp3) is 0.0909. The highest BCUT2D eigenvalue weighted by molar-refractivity contribution is 6.32. The molecule has 0 spiro atoms. The van der Waals surface area contributed by atoms with Crippen molar-refractivity contribution in [2.75, 3.05) is 0 Å². The van der Waals surface area contributed by atoms with Gasteiger partial charge in [0.25, 0.3) is 0 Å². The Balaban J connectivity index is 3.23. The first-order valence-electron chi connectivity index (χ1n) is 4.33. The highest BCUT2D eigenvalue weighted by atomic mass is 35.5. The van der Waals surface area contributed by atoms with E-state index in [9.17, 15) is 14.0 Å². The Morgan fingerprint density at radius 3 is 2.50 bits per heavy atom. The van der Waals surface area contributed by atoms with Gasteiger partial charge in [0.2, 0.25) is 0 Å². The molecule has 0 fully saturated rings. The minimum absolute atomic E-state index is 0.0556. The van der Waals surface area contributed by atoms with Crippen LogP contribution in [0.5, 0.6) is 0 Å². The van der Waals surface area contributed by atoms with Gasteiger partial charge in [-0.1, -0.05) is 17.7 Å². The van der Waals surface area contributed by atoms with Crippen molar-refractivity contribution in [3.05, 3.63) is 40.2 Å². The number of benzene rings is 1. The molecule has 16 heavy (non-hydrogen) atoms. The Morgan fingerprint density at radius 1 is 1.44 bits per heavy atom. The second kappa shape index (κ2) is 4.90. The lowest BCUT2D eigenvalue weighted by atomic mass is 10.1. The number of hydrogen-bond donors (Lipinski definition) is 1. The topological polar surface area (TPSA) is 54.4 Å². The van der Waals surface area contributed by atoms with E-state index >= 15 is 0 Å². The molecule has 0 aromatic heterocycles. The van der Waals surface area contributed by atoms with Gasteiger partial charge < -0.3 is 5.11 Å². The summed E-state index contributed by atoms with van der Waals surface area (Å²) in [6, 6.07) is 3.49. The smallest absolute Gasteiger partial charge is 0.339 e. The zero-order chi connectivity index (χ0) is 12.3. The monoisotopic (exact) mass is 242 g/mol. The summed E-state index contributed by atoms with van der Waals surface area (Å²) in [5.41, 5.74) is -0.107. The SMILES string of the molecule is CC(=O)C(=Cc1ccc(F)cc1Cl)C(=O)O. The molecule has 3 nitrogen and oxygen atoms in total. The van der Waals surface area contributed by atoms with Crippen LogP contribution in [0.1, 0.15) is 12.5 Å². The average Bonchev–Trinajstić information content (AvgIpc) is 2.15. The quantitative estimate of drug-likeness (QED) is 0.503. The van der Waals surface area contributed by atoms with Crippen LogP contribution in [-0.4, -0.2) is 16.9 Å². The summed E-state index contributed by atoms with van der Waals surface area (Å²) in [4.78, 5) is 21.7. The average molecular weight is 243 g/mol. The predicted octanol–water partition coefficient (Wildman–Crippen LogP) is 2.54. The van der Waals surface area contributed by atoms with Crippen molar-refractivity contribution in [1.29, 1.82) is 0 Å². The third kappa shape index (κ3) is 2.90. The van der Waals surface area contributed by atoms with E-state index in [1.807, 2.05) is 0 Å². The van der Waals surface area contributed by atoms with Gasteiger partial charge in [0.15, 0.2) is 5.78 Å². The van der Waals surface area contributed by atoms with Gasteiger partial charge in [-0.25, -0.2) is 9.18 Å². The van der Waals surface area contributed by atoms with Crippen LogP contribution < -0.4 is 0 Å². The number of halogens is 2. The van der Waals surface area contributed by atoms with E-state index in [1.165, 1.54) is 6.07 Å². The second-order valence-electron chi connectivity index (χ2n) is 3.09. The highest BCUT2D eigenvalue weighted by Gasteiger charge is 2.13. The lowest BCUT2D eigenvalue weighted by molar-refractivity contribution is -0.134. The summed E-state index contributed by atoms with van der Waals surface area (Å²) in [5, 5.41) is 8.80. The van der Waals surface area contributed by atoms with Crippen molar-refractivity contribution in [2.45, 2.75) is 6.92 Å². The molecule has 0 saturated heterocycles. The maximum atomic E-state index is 12.7. The van der Waals surface area contributed by atoms with Crippen molar-refractivity contribution in [1.82, 2.24) is 0 Å². The molecule has 0 radical (unpaired) electrons. The lowest BCUT2D eigenvalue weighted by Crippen LogP contribution is -2.08. The van der Waals surface area contributed by atoms with E-state index in [-0.39, 0.29) is 10.6 Å². The Hall–Kier alpha value is -1.68. The van der Waals surface area contributed by atoms with Crippen LogP contribution in [0.15, 0.2) is 23.8 Å². The number of hydrogen-bond acceptors (Lipinski definition) is 2. The van der Waals surface area contributed by atoms with Crippen molar-refractivity contribution < 1.29 is 19.1 Å². The van der Waals surface area contributed by atoms with E-state index < -0.39 is 23.1 Å². The maximum Gasteiger partial charge on any atom is 0.339 e. The van der Waals surface area contributed by atoms with Crippen LogP contribution in [-0.2, 0) is 9.59 Å². The first-order chi connectivity index (χ1) is 7.41. The maximum absolute atomic E-state index is 12.7. The zero-order valence-corrected chi connectivity index (χ0v) is 9.08. The number of carbonyl (C=O) groups excluding carboxylic acids is 1. The lowest BCUT2D eigenvalue weighted by Gasteiger charge is -2.00. The van der Waals surface area contributed by atoms with Crippen LogP contribution in [0.3, 0.4) is 0 Å². The number of carboxylic acid groups (broad SMARTS) is 1. The number of Topliss-reactive ketones (excluding diaryl/α,β-unsaturated/α-hetero) is 1. The first-order valence-corrected chi connectivity index (χ1v) is 4.70. The molecule has 0 saturated carbocycles. The van der Waals surface area contributed by atoms with Gasteiger partial charge in [-0.05, 0) is 30.7 Å². The summed E-state index contributed by atoms with van der Waals surface area (Å²) in [6.07, 6.45) is 1.12. The molecule has 0 aliphatic rings. The van der Waals surface area contributed by atoms with Gasteiger partial charge in [0, 0.05) is 0 Å². The van der Waals surface area contributed by atoms with Crippen LogP contribution in [0, 0.1) is 5.82 Å². The summed E-state index contributed by atoms with van der Waals surface area (Å²) in [6.45, 7) is 1.14. The zero-order valence-electron chi connectivity index (χ0n) is 8.33. The first kappa shape index (κ1) is 12.4. The predicted molar refractivity (Wildman–Crippen MR) is 57.7 cm³/mol. The summed E-state index contributed by atoms with van der Waals surface area (Å²) < 4.78 is 12.7. The fourth-order valence-electron chi connectivity index (χ4n) is 1.09. The van der Waals surface area contributed by atoms with Crippen molar-refractivity contribution >= 4 is 29.4 Å². The van der Waals surface area contributed by atoms with Gasteiger partial charge >= 0.3 is 5.97 Å². The van der Waals surface area contributed by atoms with Gasteiger partial charge in [-0.15, -0.1) is 0 Å². The summed E-state index contributed by atoms with van der Waals surface area (Å²) in [5.74, 6) is -2.46. The number of aliphatic carboxylic acids is 1. The van der Waals surface area contributed by atoms with Crippen LogP contribution in [0.2, 0.25) is 5.02 Å². The molecule has 0 atom stereocenters. The number of carboxylic acids is 1. The minimum atomic E-state index is -1.34. The molecule has 1 aromatic carbocycles. The van der Waals surface area contributed by atoms with Crippen LogP contribution in [0.25, 0.3) is 6.08 Å². The van der Waals surface area contributed by atoms with E-state index in [0.717, 1.165) is 25.1 Å². The Labute approximate surface area is 96.2 Å². The molecular weight excluding hydrogens is 235 g/mol. The van der Waals surface area contributed by atoms with Crippen molar-refractivity contribution in [3.63, 3.8) is 0 Å². The van der Waals surface area contributed by atoms with Crippen LogP contribution in [0.4, 0.5) is 4.39 Å². The number of rotatable bonds is 3. The van der Waals surface area contributed by atoms with Crippen LogP contribution >= 0.6 is 11.6 Å². The van der Waals surface area contributed by atoms with Crippen molar-refractivity contribution in [2.24, 2.45) is 0 Å². The number of carbonyl (C=O) groups is 2. The molecule has 5 heteroatoms. The molecule has 0 heterocycles. The molecule has 0 aliphatic heterocycles. The van der Waals surface area contributed by atoms with E-state index in [4.69, 9.17) is 16.7 Å². The van der Waals surface area contributed by atoms with Crippen molar-refractivity contribution in [3.8, 4) is 0 Å². The van der Waals surface area contributed by atoms with Gasteiger partial charge in [-0.3, -0.25) is 4.79 Å². The molecule has 1 rings (SSSR count). The molecule has 0 aliphatic carbocycles. The molecule has 1 aromatic rings. The molecule has 0 bridgehead atoms. The van der Waals surface area contributed by atoms with Gasteiger partial charge in [0.05, 0.1) is 5.02 Å². The Kier molecular flexibility index (Phi) is 3.79. The largest absolute Gasteiger partial charge is 0.478 e. The standard InChI is InChI=1S/C11H8ClFO3/c1-6(14)9(11(15)16)4-7-2-3-8(13)5-10(7)12/h2-5H,1H3,(H,15,16). The van der Waals surface area contributed by atoms with Gasteiger partial charge in [-0.2, -0.15) is 0 Å². The Morgan fingerprint density at radius 2 is 2.06 bits per heavy atom.